The van der Waals surface area contributed by atoms with Crippen molar-refractivity contribution >= 4 is 11.8 Å². The average Bonchev–Trinajstić information content (AvgIpc) is 3.02. The summed E-state index contributed by atoms with van der Waals surface area (Å²) in [6, 6.07) is 13.6. The fourth-order valence-electron chi connectivity index (χ4n) is 4.17. The summed E-state index contributed by atoms with van der Waals surface area (Å²) in [7, 11) is 3.44. The van der Waals surface area contributed by atoms with Gasteiger partial charge in [0, 0.05) is 32.7 Å². The lowest BCUT2D eigenvalue weighted by molar-refractivity contribution is -0.157. The molecule has 0 aromatic heterocycles. The van der Waals surface area contributed by atoms with Crippen LogP contribution in [-0.2, 0) is 15.1 Å². The molecule has 0 bridgehead atoms. The molecule has 0 unspecified atom stereocenters. The first-order chi connectivity index (χ1) is 13.4. The lowest BCUT2D eigenvalue weighted by Gasteiger charge is -2.39. The Morgan fingerprint density at radius 3 is 2.50 bits per heavy atom. The predicted octanol–water partition coefficient (Wildman–Crippen LogP) is 3.12. The van der Waals surface area contributed by atoms with Gasteiger partial charge in [-0.15, -0.1) is 0 Å². The van der Waals surface area contributed by atoms with Gasteiger partial charge in [0.2, 0.25) is 0 Å². The Labute approximate surface area is 163 Å². The smallest absolute Gasteiger partial charge is 0.255 e. The summed E-state index contributed by atoms with van der Waals surface area (Å²) in [5.74, 6) is -0.679. The number of fused-ring (bicyclic) bond motifs is 2. The third-order valence-corrected chi connectivity index (χ3v) is 5.67. The van der Waals surface area contributed by atoms with Crippen LogP contribution in [0, 0.1) is 5.82 Å². The Balaban J connectivity index is 1.55. The van der Waals surface area contributed by atoms with Crippen molar-refractivity contribution in [2.75, 3.05) is 27.2 Å². The molecule has 2 aliphatic rings. The Bertz CT molecular complexity index is 920. The van der Waals surface area contributed by atoms with Crippen LogP contribution < -0.4 is 0 Å². The van der Waals surface area contributed by atoms with Gasteiger partial charge >= 0.3 is 0 Å². The fourth-order valence-corrected chi connectivity index (χ4v) is 4.17. The zero-order valence-corrected chi connectivity index (χ0v) is 16.0. The highest BCUT2D eigenvalue weighted by atomic mass is 19.1. The lowest BCUT2D eigenvalue weighted by Crippen LogP contribution is -2.45. The predicted molar refractivity (Wildman–Crippen MR) is 102 cm³/mol. The van der Waals surface area contributed by atoms with E-state index >= 15 is 0 Å². The van der Waals surface area contributed by atoms with Gasteiger partial charge in [0.25, 0.3) is 11.8 Å². The van der Waals surface area contributed by atoms with Gasteiger partial charge in [-0.1, -0.05) is 30.3 Å². The molecule has 2 aliphatic heterocycles. The Kier molecular flexibility index (Phi) is 4.67. The van der Waals surface area contributed by atoms with Crippen molar-refractivity contribution in [1.29, 1.82) is 0 Å². The van der Waals surface area contributed by atoms with E-state index in [-0.39, 0.29) is 11.8 Å². The normalized spacial score (nSPS) is 20.1. The number of carbonyl (C=O) groups is 2. The summed E-state index contributed by atoms with van der Waals surface area (Å²) in [5.41, 5.74) is 1.73. The summed E-state index contributed by atoms with van der Waals surface area (Å²) in [6.07, 6.45) is 0.585. The molecular weight excluding hydrogens is 359 g/mol. The molecule has 1 atom stereocenters. The van der Waals surface area contributed by atoms with Crippen molar-refractivity contribution in [3.8, 4) is 0 Å². The van der Waals surface area contributed by atoms with E-state index < -0.39 is 17.5 Å². The van der Waals surface area contributed by atoms with E-state index in [1.807, 2.05) is 24.3 Å². The maximum absolute atomic E-state index is 13.5. The van der Waals surface area contributed by atoms with Crippen LogP contribution in [0.2, 0.25) is 0 Å². The van der Waals surface area contributed by atoms with Gasteiger partial charge in [-0.3, -0.25) is 9.59 Å². The zero-order valence-electron chi connectivity index (χ0n) is 16.0. The molecule has 2 aromatic rings. The van der Waals surface area contributed by atoms with Crippen molar-refractivity contribution in [2.45, 2.75) is 24.5 Å². The van der Waals surface area contributed by atoms with Crippen molar-refractivity contribution in [1.82, 2.24) is 9.80 Å². The zero-order chi connectivity index (χ0) is 19.9. The number of nitrogens with zero attached hydrogens (tertiary/aromatic N) is 2. The number of hydrogen-bond donors (Lipinski definition) is 0. The molecule has 0 N–H and O–H groups in total. The van der Waals surface area contributed by atoms with Crippen molar-refractivity contribution in [3.05, 3.63) is 71.0 Å². The molecule has 1 saturated heterocycles. The number of piperidine rings is 1. The van der Waals surface area contributed by atoms with Crippen LogP contribution in [0.15, 0.2) is 48.5 Å². The highest BCUT2D eigenvalue weighted by molar-refractivity contribution is 5.94. The molecule has 0 aliphatic carbocycles. The topological polar surface area (TPSA) is 49.9 Å². The van der Waals surface area contributed by atoms with E-state index in [0.29, 0.717) is 31.5 Å². The maximum atomic E-state index is 13.5. The summed E-state index contributed by atoms with van der Waals surface area (Å²) < 4.78 is 19.8. The van der Waals surface area contributed by atoms with Crippen molar-refractivity contribution in [2.24, 2.45) is 0 Å². The van der Waals surface area contributed by atoms with Gasteiger partial charge in [0.1, 0.15) is 5.82 Å². The molecule has 4 rings (SSSR count). The number of carbonyl (C=O) groups excluding carboxylic acids is 2. The third kappa shape index (κ3) is 3.07. The number of benzene rings is 2. The van der Waals surface area contributed by atoms with Crippen molar-refractivity contribution < 1.29 is 18.7 Å². The fraction of sp³-hybridized carbons (Fsp3) is 0.364. The van der Waals surface area contributed by atoms with E-state index in [1.54, 1.807) is 36.0 Å². The molecule has 2 heterocycles. The first kappa shape index (κ1) is 18.6. The second-order valence-electron chi connectivity index (χ2n) is 7.61. The summed E-state index contributed by atoms with van der Waals surface area (Å²) in [5, 5.41) is 0. The number of amides is 2. The van der Waals surface area contributed by atoms with Crippen LogP contribution in [-0.4, -0.2) is 48.8 Å². The molecule has 146 valence electrons. The van der Waals surface area contributed by atoms with Gasteiger partial charge < -0.3 is 14.5 Å². The summed E-state index contributed by atoms with van der Waals surface area (Å²) in [4.78, 5) is 28.6. The monoisotopic (exact) mass is 382 g/mol. The molecule has 1 spiro atoms. The summed E-state index contributed by atoms with van der Waals surface area (Å²) in [6.45, 7) is 0.985. The Hall–Kier alpha value is -2.73. The van der Waals surface area contributed by atoms with Crippen LogP contribution in [0.25, 0.3) is 0 Å². The standard InChI is InChI=1S/C22H23FN2O3/c1-24(2)21(27)19-17-8-3-4-9-18(17)22(28-19)10-12-25(13-11-22)20(26)15-6-5-7-16(23)14-15/h3-9,14,19H,10-13H2,1-2H3/t19-/m0/s1. The molecule has 28 heavy (non-hydrogen) atoms. The summed E-state index contributed by atoms with van der Waals surface area (Å²) >= 11 is 0. The minimum Gasteiger partial charge on any atom is -0.352 e. The van der Waals surface area contributed by atoms with Crippen molar-refractivity contribution in [3.63, 3.8) is 0 Å². The number of likely N-dealkylation sites (tertiary alicyclic amines) is 1. The minimum absolute atomic E-state index is 0.0809. The molecule has 2 aromatic carbocycles. The highest BCUT2D eigenvalue weighted by Crippen LogP contribution is 2.49. The van der Waals surface area contributed by atoms with E-state index in [9.17, 15) is 14.0 Å². The third-order valence-electron chi connectivity index (χ3n) is 5.67. The number of likely N-dealkylation sites (N-methyl/N-ethyl adjacent to an activating group) is 1. The molecule has 2 amide bonds. The van der Waals surface area contributed by atoms with E-state index in [1.165, 1.54) is 12.1 Å². The Morgan fingerprint density at radius 1 is 1.11 bits per heavy atom. The number of rotatable bonds is 2. The highest BCUT2D eigenvalue weighted by Gasteiger charge is 2.49. The average molecular weight is 382 g/mol. The molecule has 1 fully saturated rings. The van der Waals surface area contributed by atoms with Crippen LogP contribution >= 0.6 is 0 Å². The van der Waals surface area contributed by atoms with E-state index in [0.717, 1.165) is 11.1 Å². The van der Waals surface area contributed by atoms with Crippen LogP contribution in [0.5, 0.6) is 0 Å². The molecule has 0 saturated carbocycles. The van der Waals surface area contributed by atoms with Crippen LogP contribution in [0.4, 0.5) is 4.39 Å². The van der Waals surface area contributed by atoms with Gasteiger partial charge in [0.05, 0.1) is 5.60 Å². The molecule has 5 nitrogen and oxygen atoms in total. The molecule has 0 radical (unpaired) electrons. The Morgan fingerprint density at radius 2 is 1.82 bits per heavy atom. The lowest BCUT2D eigenvalue weighted by atomic mass is 9.83. The van der Waals surface area contributed by atoms with Crippen LogP contribution in [0.1, 0.15) is 40.4 Å². The second kappa shape index (κ2) is 7.02. The van der Waals surface area contributed by atoms with Crippen LogP contribution in [0.3, 0.4) is 0 Å². The molecular formula is C22H23FN2O3. The largest absolute Gasteiger partial charge is 0.352 e. The van der Waals surface area contributed by atoms with Gasteiger partial charge in [-0.05, 0) is 42.2 Å². The number of halogens is 1. The first-order valence-electron chi connectivity index (χ1n) is 9.44. The maximum Gasteiger partial charge on any atom is 0.255 e. The van der Waals surface area contributed by atoms with Gasteiger partial charge in [-0.25, -0.2) is 4.39 Å². The second-order valence-corrected chi connectivity index (χ2v) is 7.61. The SMILES string of the molecule is CN(C)C(=O)[C@H]1OC2(CCN(C(=O)c3cccc(F)c3)CC2)c2ccccc21. The number of hydrogen-bond acceptors (Lipinski definition) is 3. The molecule has 6 heteroatoms. The van der Waals surface area contributed by atoms with Gasteiger partial charge in [0.15, 0.2) is 6.10 Å². The minimum atomic E-state index is -0.614. The quantitative estimate of drug-likeness (QED) is 0.802. The number of ether oxygens (including phenoxy) is 1. The van der Waals surface area contributed by atoms with E-state index in [4.69, 9.17) is 4.74 Å². The first-order valence-corrected chi connectivity index (χ1v) is 9.44. The van der Waals surface area contributed by atoms with Gasteiger partial charge in [-0.2, -0.15) is 0 Å². The van der Waals surface area contributed by atoms with E-state index in [2.05, 4.69) is 0 Å².